The zero-order chi connectivity index (χ0) is 24.4. The molecule has 0 saturated carbocycles. The van der Waals surface area contributed by atoms with E-state index in [0.717, 1.165) is 23.2 Å². The van der Waals surface area contributed by atoms with E-state index in [-0.39, 0.29) is 29.0 Å². The molecule has 7 nitrogen and oxygen atoms in total. The van der Waals surface area contributed by atoms with E-state index in [2.05, 4.69) is 45.2 Å². The highest BCUT2D eigenvalue weighted by molar-refractivity contribution is 7.91. The molecule has 5 rings (SSSR count). The number of benzene rings is 3. The number of hydrogen-bond acceptors (Lipinski definition) is 5. The lowest BCUT2D eigenvalue weighted by Gasteiger charge is -2.39. The van der Waals surface area contributed by atoms with Crippen molar-refractivity contribution in [3.05, 3.63) is 84.8 Å². The first-order chi connectivity index (χ1) is 16.9. The summed E-state index contributed by atoms with van der Waals surface area (Å²) < 4.78 is 25.4. The van der Waals surface area contributed by atoms with Crippen LogP contribution in [0.5, 0.6) is 0 Å². The third-order valence-corrected chi connectivity index (χ3v) is 8.29. The van der Waals surface area contributed by atoms with Gasteiger partial charge in [0.2, 0.25) is 5.91 Å². The van der Waals surface area contributed by atoms with Gasteiger partial charge in [-0.1, -0.05) is 54.6 Å². The predicted molar refractivity (Wildman–Crippen MR) is 137 cm³/mol. The van der Waals surface area contributed by atoms with Crippen LogP contribution in [-0.2, 0) is 14.6 Å². The number of sulfone groups is 1. The van der Waals surface area contributed by atoms with E-state index in [0.29, 0.717) is 18.9 Å². The van der Waals surface area contributed by atoms with Crippen LogP contribution in [0.2, 0.25) is 0 Å². The largest absolute Gasteiger partial charge is 0.340 e. The van der Waals surface area contributed by atoms with E-state index >= 15 is 0 Å². The molecule has 8 heteroatoms. The van der Waals surface area contributed by atoms with Gasteiger partial charge in [-0.3, -0.25) is 4.79 Å². The van der Waals surface area contributed by atoms with Crippen LogP contribution in [0.4, 0.5) is 0 Å². The molecule has 0 bridgehead atoms. The Kier molecular flexibility index (Phi) is 6.40. The number of carbonyl (C=O) groups is 1. The zero-order valence-electron chi connectivity index (χ0n) is 19.6. The monoisotopic (exact) mass is 488 g/mol. The minimum Gasteiger partial charge on any atom is -0.340 e. The first-order valence-corrected chi connectivity index (χ1v) is 13.4. The second-order valence-corrected chi connectivity index (χ2v) is 11.1. The molecule has 1 amide bonds. The minimum absolute atomic E-state index is 0.0598. The van der Waals surface area contributed by atoms with Gasteiger partial charge in [-0.2, -0.15) is 0 Å². The van der Waals surface area contributed by atoms with Gasteiger partial charge in [-0.25, -0.2) is 13.4 Å². The summed E-state index contributed by atoms with van der Waals surface area (Å²) in [5.41, 5.74) is 1.91. The Labute approximate surface area is 205 Å². The first kappa shape index (κ1) is 23.3. The van der Waals surface area contributed by atoms with E-state index in [9.17, 15) is 13.2 Å². The average molecular weight is 489 g/mol. The fraction of sp³-hybridized carbons (Fsp3) is 0.259. The summed E-state index contributed by atoms with van der Waals surface area (Å²) in [6.07, 6.45) is 1.74. The smallest absolute Gasteiger partial charge is 0.224 e. The Balaban J connectivity index is 1.35. The Bertz CT molecular complexity index is 1450. The maximum absolute atomic E-state index is 13.2. The van der Waals surface area contributed by atoms with Gasteiger partial charge in [-0.05, 0) is 36.0 Å². The fourth-order valence-corrected chi connectivity index (χ4v) is 5.82. The van der Waals surface area contributed by atoms with Crippen LogP contribution in [0.25, 0.3) is 22.0 Å². The van der Waals surface area contributed by atoms with Crippen molar-refractivity contribution in [1.29, 1.82) is 0 Å². The van der Waals surface area contributed by atoms with Crippen LogP contribution in [-0.4, -0.2) is 66.5 Å². The second-order valence-electron chi connectivity index (χ2n) is 8.99. The summed E-state index contributed by atoms with van der Waals surface area (Å²) in [5.74, 6) is 0.320. The Morgan fingerprint density at radius 1 is 1.00 bits per heavy atom. The van der Waals surface area contributed by atoms with Crippen LogP contribution < -0.4 is 0 Å². The van der Waals surface area contributed by atoms with Crippen molar-refractivity contribution < 1.29 is 13.2 Å². The zero-order valence-corrected chi connectivity index (χ0v) is 20.4. The van der Waals surface area contributed by atoms with Crippen molar-refractivity contribution in [2.24, 2.45) is 0 Å². The number of carbonyl (C=O) groups excluding carboxylic acids is 1. The van der Waals surface area contributed by atoms with Gasteiger partial charge in [0.05, 0.1) is 22.5 Å². The maximum atomic E-state index is 13.2. The van der Waals surface area contributed by atoms with Crippen molar-refractivity contribution in [1.82, 2.24) is 19.8 Å². The number of aromatic nitrogens is 2. The maximum Gasteiger partial charge on any atom is 0.224 e. The Morgan fingerprint density at radius 2 is 1.74 bits per heavy atom. The highest BCUT2D eigenvalue weighted by Gasteiger charge is 2.32. The molecule has 1 N–H and O–H groups in total. The van der Waals surface area contributed by atoms with Gasteiger partial charge in [0.1, 0.15) is 11.9 Å². The molecule has 1 unspecified atom stereocenters. The number of piperazine rings is 1. The number of H-pyrrole nitrogens is 1. The van der Waals surface area contributed by atoms with Gasteiger partial charge < -0.3 is 14.8 Å². The van der Waals surface area contributed by atoms with E-state index in [4.69, 9.17) is 0 Å². The molecule has 0 spiro atoms. The Hall–Kier alpha value is -3.49. The molecule has 4 aromatic rings. The summed E-state index contributed by atoms with van der Waals surface area (Å²) in [6, 6.07) is 22.5. The quantitative estimate of drug-likeness (QED) is 0.445. The van der Waals surface area contributed by atoms with Gasteiger partial charge in [0.15, 0.2) is 9.84 Å². The Morgan fingerprint density at radius 3 is 2.54 bits per heavy atom. The molecule has 2 heterocycles. The predicted octanol–water partition coefficient (Wildman–Crippen LogP) is 3.91. The van der Waals surface area contributed by atoms with Gasteiger partial charge >= 0.3 is 0 Å². The van der Waals surface area contributed by atoms with Crippen molar-refractivity contribution >= 4 is 26.5 Å². The van der Waals surface area contributed by atoms with E-state index in [1.54, 1.807) is 41.4 Å². The number of fused-ring (bicyclic) bond motifs is 1. The summed E-state index contributed by atoms with van der Waals surface area (Å²) in [4.78, 5) is 25.4. The van der Waals surface area contributed by atoms with Crippen molar-refractivity contribution in [3.8, 4) is 11.3 Å². The van der Waals surface area contributed by atoms with Gasteiger partial charge in [0.25, 0.3) is 0 Å². The summed E-state index contributed by atoms with van der Waals surface area (Å²) in [6.45, 7) is 1.88. The van der Waals surface area contributed by atoms with Crippen molar-refractivity contribution in [3.63, 3.8) is 0 Å². The minimum atomic E-state index is -3.52. The van der Waals surface area contributed by atoms with Crippen LogP contribution >= 0.6 is 0 Å². The lowest BCUT2D eigenvalue weighted by molar-refractivity contribution is -0.135. The number of nitrogens with one attached hydrogen (secondary N) is 1. The van der Waals surface area contributed by atoms with Crippen molar-refractivity contribution in [2.45, 2.75) is 17.4 Å². The van der Waals surface area contributed by atoms with Crippen LogP contribution in [0.3, 0.4) is 0 Å². The highest BCUT2D eigenvalue weighted by Crippen LogP contribution is 2.28. The third kappa shape index (κ3) is 4.99. The molecule has 35 heavy (non-hydrogen) atoms. The third-order valence-electron chi connectivity index (χ3n) is 6.56. The topological polar surface area (TPSA) is 86.4 Å². The molecule has 0 aliphatic carbocycles. The lowest BCUT2D eigenvalue weighted by Crippen LogP contribution is -2.49. The van der Waals surface area contributed by atoms with E-state index < -0.39 is 9.84 Å². The molecule has 0 radical (unpaired) electrons. The molecule has 1 aliphatic heterocycles. The molecule has 180 valence electrons. The molecule has 1 fully saturated rings. The number of hydrogen-bond donors (Lipinski definition) is 1. The SMILES string of the molecule is CN1CCN(C(=O)CCS(=O)(=O)c2ccccc2)C(c2ncc(-c3ccc4ccccc4c3)[nH]2)C1. The summed E-state index contributed by atoms with van der Waals surface area (Å²) in [7, 11) is -1.50. The van der Waals surface area contributed by atoms with Gasteiger partial charge in [0, 0.05) is 31.6 Å². The molecule has 3 aromatic carbocycles. The first-order valence-electron chi connectivity index (χ1n) is 11.7. The average Bonchev–Trinajstić information content (AvgIpc) is 3.38. The van der Waals surface area contributed by atoms with Crippen molar-refractivity contribution in [2.75, 3.05) is 32.4 Å². The molecule has 1 atom stereocenters. The number of likely N-dealkylation sites (N-methyl/N-ethyl adjacent to an activating group) is 1. The number of imidazole rings is 1. The van der Waals surface area contributed by atoms with E-state index in [1.807, 2.05) is 19.2 Å². The molecule has 1 aliphatic rings. The van der Waals surface area contributed by atoms with Gasteiger partial charge in [-0.15, -0.1) is 0 Å². The van der Waals surface area contributed by atoms with Crippen LogP contribution in [0.1, 0.15) is 18.3 Å². The second kappa shape index (κ2) is 9.64. The number of aromatic amines is 1. The normalized spacial score (nSPS) is 17.1. The van der Waals surface area contributed by atoms with Crippen LogP contribution in [0.15, 0.2) is 83.9 Å². The molecule has 1 aromatic heterocycles. The molecular formula is C27H28N4O3S. The van der Waals surface area contributed by atoms with Crippen LogP contribution in [0, 0.1) is 0 Å². The standard InChI is InChI=1S/C27H28N4O3S/c1-30-14-15-31(26(32)13-16-35(33,34)23-9-3-2-4-10-23)25(19-30)27-28-18-24(29-27)22-12-11-20-7-5-6-8-21(20)17-22/h2-12,17-18,25H,13-16,19H2,1H3,(H,28,29). The summed E-state index contributed by atoms with van der Waals surface area (Å²) >= 11 is 0. The number of rotatable bonds is 6. The fourth-order valence-electron chi connectivity index (χ4n) is 4.57. The molecule has 1 saturated heterocycles. The molecular weight excluding hydrogens is 460 g/mol. The lowest BCUT2D eigenvalue weighted by atomic mass is 10.1. The van der Waals surface area contributed by atoms with E-state index in [1.165, 1.54) is 5.39 Å². The highest BCUT2D eigenvalue weighted by atomic mass is 32.2. The summed E-state index contributed by atoms with van der Waals surface area (Å²) in [5, 5.41) is 2.32. The number of amides is 1. The number of nitrogens with zero attached hydrogens (tertiary/aromatic N) is 3.